The van der Waals surface area contributed by atoms with E-state index in [9.17, 15) is 4.79 Å². The quantitative estimate of drug-likeness (QED) is 0.418. The molecule has 0 aliphatic carbocycles. The first-order valence-electron chi connectivity index (χ1n) is 6.99. The van der Waals surface area contributed by atoms with E-state index in [-0.39, 0.29) is 23.0 Å². The van der Waals surface area contributed by atoms with Gasteiger partial charge in [-0.15, -0.1) is 0 Å². The Hall–Kier alpha value is -0.613. The number of methoxy groups -OCH3 is 1. The Labute approximate surface area is 119 Å². The van der Waals surface area contributed by atoms with Crippen LogP contribution in [0.15, 0.2) is 12.2 Å². The largest absolute Gasteiger partial charge is 0.469 e. The fraction of sp³-hybridized carbons (Fsp3) is 0.800. The summed E-state index contributed by atoms with van der Waals surface area (Å²) < 4.78 is 11.0. The van der Waals surface area contributed by atoms with Crippen LogP contribution in [0.3, 0.4) is 0 Å². The topological polar surface area (TPSA) is 35.5 Å². The van der Waals surface area contributed by atoms with Gasteiger partial charge in [0.1, 0.15) is 0 Å². The first-order chi connectivity index (χ1) is 8.55. The van der Waals surface area contributed by atoms with Crippen molar-refractivity contribution in [2.45, 2.75) is 65.3 Å². The summed E-state index contributed by atoms with van der Waals surface area (Å²) in [5.41, 5.74) is 0. The molecule has 2 atom stereocenters. The number of carbonyl (C=O) groups is 1. The Bertz CT molecular complexity index is 316. The van der Waals surface area contributed by atoms with Crippen LogP contribution in [0.25, 0.3) is 0 Å². The van der Waals surface area contributed by atoms with Crippen LogP contribution < -0.4 is 0 Å². The summed E-state index contributed by atoms with van der Waals surface area (Å²) in [7, 11) is -0.328. The molecule has 0 bridgehead atoms. The molecule has 2 unspecified atom stereocenters. The van der Waals surface area contributed by atoms with Crippen LogP contribution in [0.4, 0.5) is 0 Å². The molecule has 0 amide bonds. The molecule has 0 spiro atoms. The second kappa shape index (κ2) is 7.24. The fourth-order valence-corrected chi connectivity index (χ4v) is 2.87. The predicted molar refractivity (Wildman–Crippen MR) is 82.7 cm³/mol. The van der Waals surface area contributed by atoms with Crippen molar-refractivity contribution in [3.63, 3.8) is 0 Å². The molecule has 19 heavy (non-hydrogen) atoms. The monoisotopic (exact) mass is 286 g/mol. The minimum atomic E-state index is -1.75. The third-order valence-corrected chi connectivity index (χ3v) is 8.42. The first-order valence-corrected chi connectivity index (χ1v) is 9.90. The highest BCUT2D eigenvalue weighted by molar-refractivity contribution is 6.74. The van der Waals surface area contributed by atoms with Gasteiger partial charge in [-0.25, -0.2) is 0 Å². The van der Waals surface area contributed by atoms with Crippen molar-refractivity contribution in [3.8, 4) is 0 Å². The van der Waals surface area contributed by atoms with E-state index in [0.717, 1.165) is 6.42 Å². The molecule has 0 heterocycles. The second-order valence-corrected chi connectivity index (χ2v) is 11.3. The minimum absolute atomic E-state index is 0.0274. The van der Waals surface area contributed by atoms with E-state index in [4.69, 9.17) is 9.16 Å². The van der Waals surface area contributed by atoms with Crippen LogP contribution in [0.2, 0.25) is 18.1 Å². The minimum Gasteiger partial charge on any atom is -0.469 e. The Balaban J connectivity index is 4.61. The average Bonchev–Trinajstić information content (AvgIpc) is 2.27. The molecule has 0 aliphatic rings. The van der Waals surface area contributed by atoms with Crippen molar-refractivity contribution >= 4 is 14.3 Å². The lowest BCUT2D eigenvalue weighted by Crippen LogP contribution is -2.42. The van der Waals surface area contributed by atoms with Crippen molar-refractivity contribution in [1.29, 1.82) is 0 Å². The van der Waals surface area contributed by atoms with Crippen LogP contribution in [-0.2, 0) is 14.0 Å². The first kappa shape index (κ1) is 18.4. The van der Waals surface area contributed by atoms with Crippen LogP contribution in [-0.4, -0.2) is 27.5 Å². The van der Waals surface area contributed by atoms with Gasteiger partial charge in [-0.2, -0.15) is 0 Å². The van der Waals surface area contributed by atoms with Crippen molar-refractivity contribution in [1.82, 2.24) is 0 Å². The molecule has 0 fully saturated rings. The predicted octanol–water partition coefficient (Wildman–Crippen LogP) is 4.15. The molecular formula is C15H30O3Si. The summed E-state index contributed by atoms with van der Waals surface area (Å²) in [6.07, 6.45) is 4.66. The fourth-order valence-electron chi connectivity index (χ4n) is 1.50. The van der Waals surface area contributed by atoms with Gasteiger partial charge in [0.15, 0.2) is 8.32 Å². The summed E-state index contributed by atoms with van der Waals surface area (Å²) in [6.45, 7) is 15.1. The zero-order valence-electron chi connectivity index (χ0n) is 13.7. The Morgan fingerprint density at radius 1 is 1.26 bits per heavy atom. The third-order valence-electron chi connectivity index (χ3n) is 3.84. The summed E-state index contributed by atoms with van der Waals surface area (Å²) >= 11 is 0. The maximum Gasteiger partial charge on any atom is 0.312 e. The molecule has 112 valence electrons. The third kappa shape index (κ3) is 5.91. The molecule has 0 aromatic rings. The van der Waals surface area contributed by atoms with E-state index < -0.39 is 8.32 Å². The SMILES string of the molecule is CCC(/C=C/C(C)O[Si](C)(C)C(C)(C)C)C(=O)OC. The van der Waals surface area contributed by atoms with Gasteiger partial charge in [0.25, 0.3) is 0 Å². The molecule has 0 aliphatic heterocycles. The molecule has 0 N–H and O–H groups in total. The summed E-state index contributed by atoms with van der Waals surface area (Å²) in [4.78, 5) is 11.5. The zero-order chi connectivity index (χ0) is 15.3. The van der Waals surface area contributed by atoms with Gasteiger partial charge in [-0.1, -0.05) is 39.8 Å². The Morgan fingerprint density at radius 2 is 1.79 bits per heavy atom. The highest BCUT2D eigenvalue weighted by Gasteiger charge is 2.38. The van der Waals surface area contributed by atoms with Gasteiger partial charge >= 0.3 is 5.97 Å². The van der Waals surface area contributed by atoms with Crippen LogP contribution >= 0.6 is 0 Å². The van der Waals surface area contributed by atoms with Crippen LogP contribution in [0.1, 0.15) is 41.0 Å². The lowest BCUT2D eigenvalue weighted by molar-refractivity contribution is -0.143. The van der Waals surface area contributed by atoms with Gasteiger partial charge in [0.05, 0.1) is 19.1 Å². The lowest BCUT2D eigenvalue weighted by Gasteiger charge is -2.37. The maximum absolute atomic E-state index is 11.5. The molecule has 3 nitrogen and oxygen atoms in total. The summed E-state index contributed by atoms with van der Waals surface area (Å²) in [6, 6.07) is 0. The van der Waals surface area contributed by atoms with Crippen molar-refractivity contribution in [3.05, 3.63) is 12.2 Å². The summed E-state index contributed by atoms with van der Waals surface area (Å²) in [5.74, 6) is -0.353. The van der Waals surface area contributed by atoms with Crippen LogP contribution in [0.5, 0.6) is 0 Å². The number of rotatable bonds is 6. The summed E-state index contributed by atoms with van der Waals surface area (Å²) in [5, 5.41) is 0.196. The average molecular weight is 286 g/mol. The van der Waals surface area contributed by atoms with E-state index in [2.05, 4.69) is 33.9 Å². The molecule has 0 saturated carbocycles. The molecule has 0 rings (SSSR count). The standard InChI is InChI=1S/C15H30O3Si/c1-9-13(14(16)17-6)11-10-12(2)18-19(7,8)15(3,4)5/h10-13H,9H2,1-8H3/b11-10+. The molecule has 4 heteroatoms. The molecule has 0 saturated heterocycles. The highest BCUT2D eigenvalue weighted by atomic mass is 28.4. The maximum atomic E-state index is 11.5. The van der Waals surface area contributed by atoms with Gasteiger partial charge in [0, 0.05) is 0 Å². The molecule has 0 aromatic carbocycles. The van der Waals surface area contributed by atoms with E-state index in [0.29, 0.717) is 0 Å². The van der Waals surface area contributed by atoms with Crippen molar-refractivity contribution in [2.24, 2.45) is 5.92 Å². The zero-order valence-corrected chi connectivity index (χ0v) is 14.7. The number of hydrogen-bond donors (Lipinski definition) is 0. The van der Waals surface area contributed by atoms with Gasteiger partial charge in [-0.05, 0) is 31.5 Å². The highest BCUT2D eigenvalue weighted by Crippen LogP contribution is 2.37. The van der Waals surface area contributed by atoms with Crippen molar-refractivity contribution < 1.29 is 14.0 Å². The number of esters is 1. The Morgan fingerprint density at radius 3 is 2.16 bits per heavy atom. The molecular weight excluding hydrogens is 256 g/mol. The van der Waals surface area contributed by atoms with E-state index in [1.165, 1.54) is 7.11 Å². The molecule has 0 radical (unpaired) electrons. The smallest absolute Gasteiger partial charge is 0.312 e. The lowest BCUT2D eigenvalue weighted by atomic mass is 10.1. The van der Waals surface area contributed by atoms with Crippen molar-refractivity contribution in [2.75, 3.05) is 7.11 Å². The number of ether oxygens (including phenoxy) is 1. The normalized spacial score (nSPS) is 16.4. The van der Waals surface area contributed by atoms with Gasteiger partial charge in [0.2, 0.25) is 0 Å². The van der Waals surface area contributed by atoms with E-state index in [1.807, 2.05) is 26.0 Å². The van der Waals surface area contributed by atoms with E-state index in [1.54, 1.807) is 0 Å². The van der Waals surface area contributed by atoms with Gasteiger partial charge in [-0.3, -0.25) is 4.79 Å². The van der Waals surface area contributed by atoms with E-state index >= 15 is 0 Å². The van der Waals surface area contributed by atoms with Crippen LogP contribution in [0, 0.1) is 5.92 Å². The number of hydrogen-bond acceptors (Lipinski definition) is 3. The number of carbonyl (C=O) groups excluding carboxylic acids is 1. The Kier molecular flexibility index (Phi) is 7.01. The molecule has 0 aromatic heterocycles. The van der Waals surface area contributed by atoms with Gasteiger partial charge < -0.3 is 9.16 Å². The second-order valence-electron chi connectivity index (χ2n) is 6.51.